The summed E-state index contributed by atoms with van der Waals surface area (Å²) in [7, 11) is 0. The highest BCUT2D eigenvalue weighted by Gasteiger charge is 2.61. The van der Waals surface area contributed by atoms with Gasteiger partial charge >= 0.3 is 0 Å². The zero-order valence-corrected chi connectivity index (χ0v) is 17.4. The lowest BCUT2D eigenvalue weighted by Gasteiger charge is -2.45. The summed E-state index contributed by atoms with van der Waals surface area (Å²) in [5.41, 5.74) is 6.99. The van der Waals surface area contributed by atoms with E-state index in [1.165, 1.54) is 32.7 Å². The second-order valence-corrected chi connectivity index (χ2v) is 8.71. The number of carbonyl (C=O) groups excluding carboxylic acids is 2. The molecular weight excluding hydrogens is 384 g/mol. The summed E-state index contributed by atoms with van der Waals surface area (Å²) in [5, 5.41) is 3.35. The molecule has 4 nitrogen and oxygen atoms in total. The summed E-state index contributed by atoms with van der Waals surface area (Å²) in [5.74, 6) is -0.819. The van der Waals surface area contributed by atoms with E-state index >= 15 is 0 Å². The third-order valence-corrected chi connectivity index (χ3v) is 7.37. The summed E-state index contributed by atoms with van der Waals surface area (Å²) < 4.78 is 0. The largest absolute Gasteiger partial charge is 0.367 e. The molecule has 3 aromatic carbocycles. The average Bonchev–Trinajstić information content (AvgIpc) is 3.08. The second-order valence-electron chi connectivity index (χ2n) is 8.71. The maximum absolute atomic E-state index is 13.6. The number of carbonyl (C=O) groups is 2. The molecule has 4 aliphatic rings. The number of nitrogens with one attached hydrogen (secondary N) is 1. The van der Waals surface area contributed by atoms with Gasteiger partial charge in [0.05, 0.1) is 18.5 Å². The van der Waals surface area contributed by atoms with E-state index in [1.54, 1.807) is 0 Å². The highest BCUT2D eigenvalue weighted by atomic mass is 16.2. The van der Waals surface area contributed by atoms with Gasteiger partial charge in [-0.2, -0.15) is 0 Å². The van der Waals surface area contributed by atoms with E-state index in [0.717, 1.165) is 12.1 Å². The summed E-state index contributed by atoms with van der Waals surface area (Å²) in [6, 6.07) is 24.8. The third-order valence-electron chi connectivity index (χ3n) is 7.37. The molecule has 2 atom stereocenters. The topological polar surface area (TPSA) is 49.4 Å². The molecular formula is C27H24N2O2. The maximum atomic E-state index is 13.6. The molecule has 2 bridgehead atoms. The molecule has 154 valence electrons. The molecule has 1 N–H and O–H groups in total. The molecule has 31 heavy (non-hydrogen) atoms. The Morgan fingerprint density at radius 2 is 1.16 bits per heavy atom. The zero-order chi connectivity index (χ0) is 21.1. The minimum atomic E-state index is -0.314. The van der Waals surface area contributed by atoms with E-state index in [2.05, 4.69) is 42.6 Å². The molecule has 0 aromatic heterocycles. The van der Waals surface area contributed by atoms with Gasteiger partial charge < -0.3 is 5.32 Å². The Morgan fingerprint density at radius 3 is 1.65 bits per heavy atom. The first-order chi connectivity index (χ1) is 15.2. The quantitative estimate of drug-likeness (QED) is 0.646. The summed E-state index contributed by atoms with van der Waals surface area (Å²) >= 11 is 0. The number of likely N-dealkylation sites (tertiary alicyclic amines) is 1. The number of nitrogens with zero attached hydrogens (tertiary/aromatic N) is 1. The monoisotopic (exact) mass is 408 g/mol. The van der Waals surface area contributed by atoms with Gasteiger partial charge in [0, 0.05) is 17.5 Å². The number of hydrogen-bond donors (Lipinski definition) is 1. The smallest absolute Gasteiger partial charge is 0.235 e. The SMILES string of the molecule is CCc1ccccc1NCN1C(=O)[C@@H]2C3c4ccccc4C(c4ccccc43)[C@@H]2C1=O. The number of anilines is 1. The van der Waals surface area contributed by atoms with Crippen LogP contribution in [0.15, 0.2) is 72.8 Å². The lowest BCUT2D eigenvalue weighted by Crippen LogP contribution is -2.41. The van der Waals surface area contributed by atoms with Gasteiger partial charge in [-0.25, -0.2) is 0 Å². The van der Waals surface area contributed by atoms with Gasteiger partial charge in [0.15, 0.2) is 0 Å². The van der Waals surface area contributed by atoms with Crippen LogP contribution in [0, 0.1) is 11.8 Å². The van der Waals surface area contributed by atoms with Crippen LogP contribution in [-0.4, -0.2) is 23.4 Å². The van der Waals surface area contributed by atoms with Crippen LogP contribution >= 0.6 is 0 Å². The Balaban J connectivity index is 1.39. The Bertz CT molecular complexity index is 1100. The van der Waals surface area contributed by atoms with Crippen molar-refractivity contribution >= 4 is 17.5 Å². The zero-order valence-electron chi connectivity index (χ0n) is 17.4. The van der Waals surface area contributed by atoms with Crippen molar-refractivity contribution in [3.8, 4) is 0 Å². The standard InChI is InChI=1S/C27H24N2O2/c1-2-16-9-3-8-14-21(16)28-15-29-26(30)24-22-17-10-4-5-11-18(17)23(25(24)27(29)31)20-13-7-6-12-19(20)22/h3-14,22-25,28H,2,15H2,1H3/t22?,23?,24-,25+. The van der Waals surface area contributed by atoms with Crippen molar-refractivity contribution in [3.05, 3.63) is 101 Å². The average molecular weight is 409 g/mol. The van der Waals surface area contributed by atoms with Gasteiger partial charge in [-0.1, -0.05) is 73.7 Å². The second kappa shape index (κ2) is 6.81. The van der Waals surface area contributed by atoms with Gasteiger partial charge in [-0.3, -0.25) is 14.5 Å². The summed E-state index contributed by atoms with van der Waals surface area (Å²) in [6.45, 7) is 2.32. The summed E-state index contributed by atoms with van der Waals surface area (Å²) in [4.78, 5) is 28.7. The van der Waals surface area contributed by atoms with Crippen molar-refractivity contribution < 1.29 is 9.59 Å². The normalized spacial score (nSPS) is 25.3. The number of amides is 2. The fraction of sp³-hybridized carbons (Fsp3) is 0.259. The van der Waals surface area contributed by atoms with Crippen molar-refractivity contribution in [2.75, 3.05) is 12.0 Å². The fourth-order valence-corrected chi connectivity index (χ4v) is 6.06. The fourth-order valence-electron chi connectivity index (χ4n) is 6.06. The van der Waals surface area contributed by atoms with Crippen LogP contribution in [0.1, 0.15) is 46.6 Å². The third kappa shape index (κ3) is 2.48. The first-order valence-corrected chi connectivity index (χ1v) is 11.1. The number of aryl methyl sites for hydroxylation is 1. The van der Waals surface area contributed by atoms with E-state index in [9.17, 15) is 9.59 Å². The Labute approximate surface area is 181 Å². The number of para-hydroxylation sites is 1. The van der Waals surface area contributed by atoms with Crippen LogP contribution < -0.4 is 5.32 Å². The lowest BCUT2D eigenvalue weighted by atomic mass is 9.55. The predicted octanol–water partition coefficient (Wildman–Crippen LogP) is 4.51. The molecule has 7 rings (SSSR count). The van der Waals surface area contributed by atoms with E-state index in [0.29, 0.717) is 0 Å². The highest BCUT2D eigenvalue weighted by Crippen LogP contribution is 2.60. The molecule has 1 aliphatic heterocycles. The van der Waals surface area contributed by atoms with Crippen LogP contribution in [0.5, 0.6) is 0 Å². The lowest BCUT2D eigenvalue weighted by molar-refractivity contribution is -0.139. The molecule has 0 unspecified atom stereocenters. The molecule has 0 radical (unpaired) electrons. The first kappa shape index (κ1) is 18.4. The van der Waals surface area contributed by atoms with Crippen molar-refractivity contribution in [2.45, 2.75) is 25.2 Å². The molecule has 0 spiro atoms. The van der Waals surface area contributed by atoms with Gasteiger partial charge in [0.25, 0.3) is 0 Å². The van der Waals surface area contributed by atoms with E-state index in [-0.39, 0.29) is 42.2 Å². The van der Waals surface area contributed by atoms with E-state index < -0.39 is 0 Å². The predicted molar refractivity (Wildman–Crippen MR) is 120 cm³/mol. The van der Waals surface area contributed by atoms with Gasteiger partial charge in [-0.15, -0.1) is 0 Å². The molecule has 1 fully saturated rings. The highest BCUT2D eigenvalue weighted by molar-refractivity contribution is 6.07. The van der Waals surface area contributed by atoms with Crippen LogP contribution in [-0.2, 0) is 16.0 Å². The molecule has 0 saturated carbocycles. The molecule has 3 aromatic rings. The van der Waals surface area contributed by atoms with Crippen molar-refractivity contribution in [2.24, 2.45) is 11.8 Å². The van der Waals surface area contributed by atoms with Crippen LogP contribution in [0.25, 0.3) is 0 Å². The van der Waals surface area contributed by atoms with Gasteiger partial charge in [0.2, 0.25) is 11.8 Å². The van der Waals surface area contributed by atoms with E-state index in [1.807, 2.05) is 42.5 Å². The molecule has 1 heterocycles. The van der Waals surface area contributed by atoms with Crippen molar-refractivity contribution in [3.63, 3.8) is 0 Å². The number of rotatable bonds is 4. The number of imide groups is 1. The number of hydrogen-bond acceptors (Lipinski definition) is 3. The Hall–Kier alpha value is -3.40. The Kier molecular flexibility index (Phi) is 4.04. The molecule has 4 heteroatoms. The molecule has 3 aliphatic carbocycles. The van der Waals surface area contributed by atoms with Crippen molar-refractivity contribution in [1.82, 2.24) is 4.90 Å². The minimum absolute atomic E-state index is 0.0458. The van der Waals surface area contributed by atoms with Crippen LogP contribution in [0.2, 0.25) is 0 Å². The van der Waals surface area contributed by atoms with E-state index in [4.69, 9.17) is 0 Å². The van der Waals surface area contributed by atoms with Crippen molar-refractivity contribution in [1.29, 1.82) is 0 Å². The van der Waals surface area contributed by atoms with Gasteiger partial charge in [0.1, 0.15) is 0 Å². The minimum Gasteiger partial charge on any atom is -0.367 e. The summed E-state index contributed by atoms with van der Waals surface area (Å²) in [6.07, 6.45) is 0.894. The first-order valence-electron chi connectivity index (χ1n) is 11.1. The number of benzene rings is 3. The van der Waals surface area contributed by atoms with Crippen LogP contribution in [0.4, 0.5) is 5.69 Å². The molecule has 2 amide bonds. The van der Waals surface area contributed by atoms with Gasteiger partial charge in [-0.05, 0) is 40.3 Å². The van der Waals surface area contributed by atoms with Crippen LogP contribution in [0.3, 0.4) is 0 Å². The Morgan fingerprint density at radius 1 is 0.710 bits per heavy atom. The molecule has 1 saturated heterocycles. The maximum Gasteiger partial charge on any atom is 0.235 e.